The number of pyridine rings is 1. The first kappa shape index (κ1) is 23.1. The van der Waals surface area contributed by atoms with E-state index >= 15 is 0 Å². The number of carbonyl (C=O) groups is 2. The molecule has 0 aliphatic carbocycles. The van der Waals surface area contributed by atoms with Crippen molar-refractivity contribution >= 4 is 28.2 Å². The first-order valence-corrected chi connectivity index (χ1v) is 11.1. The fourth-order valence-corrected chi connectivity index (χ4v) is 3.84. The zero-order valence-corrected chi connectivity index (χ0v) is 19.2. The molecule has 0 bridgehead atoms. The number of nitrogens with zero attached hydrogens (tertiary/aromatic N) is 1. The van der Waals surface area contributed by atoms with Gasteiger partial charge in [0.2, 0.25) is 0 Å². The number of anilines is 1. The number of rotatable bonds is 8. The number of hydrogen-bond acceptors (Lipinski definition) is 6. The molecule has 0 spiro atoms. The van der Waals surface area contributed by atoms with Gasteiger partial charge in [-0.15, -0.1) is 0 Å². The van der Waals surface area contributed by atoms with Crippen molar-refractivity contribution in [2.45, 2.75) is 26.5 Å². The molecule has 3 N–H and O–H groups in total. The van der Waals surface area contributed by atoms with E-state index in [9.17, 15) is 9.59 Å². The minimum atomic E-state index is -0.563. The van der Waals surface area contributed by atoms with Crippen LogP contribution in [0.15, 0.2) is 79.1 Å². The van der Waals surface area contributed by atoms with E-state index < -0.39 is 6.04 Å². The predicted octanol–water partition coefficient (Wildman–Crippen LogP) is 4.83. The lowest BCUT2D eigenvalue weighted by atomic mass is 10.0. The van der Waals surface area contributed by atoms with E-state index in [2.05, 4.69) is 10.3 Å². The molecule has 1 aromatic heterocycles. The van der Waals surface area contributed by atoms with Crippen molar-refractivity contribution < 1.29 is 14.3 Å². The second-order valence-electron chi connectivity index (χ2n) is 8.33. The molecule has 6 heteroatoms. The molecule has 0 saturated carbocycles. The summed E-state index contributed by atoms with van der Waals surface area (Å²) < 4.78 is 5.46. The fourth-order valence-electron chi connectivity index (χ4n) is 3.84. The SMILES string of the molecule is Cc1ccc(C(=O)OCc2ccc(C(=O)[C@H](CN)Nc3ccc4cnccc4c3)cc2)c(C)c1. The molecule has 0 unspecified atom stereocenters. The summed E-state index contributed by atoms with van der Waals surface area (Å²) in [6.45, 7) is 4.16. The number of hydrogen-bond donors (Lipinski definition) is 2. The molecule has 34 heavy (non-hydrogen) atoms. The van der Waals surface area contributed by atoms with E-state index in [-0.39, 0.29) is 24.9 Å². The highest BCUT2D eigenvalue weighted by atomic mass is 16.5. The average molecular weight is 454 g/mol. The average Bonchev–Trinajstić information content (AvgIpc) is 2.85. The number of esters is 1. The van der Waals surface area contributed by atoms with Gasteiger partial charge in [-0.3, -0.25) is 9.78 Å². The van der Waals surface area contributed by atoms with E-state index in [0.29, 0.717) is 11.1 Å². The first-order valence-electron chi connectivity index (χ1n) is 11.1. The quantitative estimate of drug-likeness (QED) is 0.293. The molecular weight excluding hydrogens is 426 g/mol. The molecule has 0 fully saturated rings. The second kappa shape index (κ2) is 10.3. The number of benzene rings is 3. The van der Waals surface area contributed by atoms with E-state index in [1.54, 1.807) is 42.7 Å². The lowest BCUT2D eigenvalue weighted by molar-refractivity contribution is 0.0471. The molecule has 0 amide bonds. The van der Waals surface area contributed by atoms with Gasteiger partial charge in [0, 0.05) is 35.6 Å². The largest absolute Gasteiger partial charge is 0.457 e. The second-order valence-corrected chi connectivity index (χ2v) is 8.33. The van der Waals surface area contributed by atoms with E-state index in [4.69, 9.17) is 10.5 Å². The Morgan fingerprint density at radius 2 is 1.76 bits per heavy atom. The lowest BCUT2D eigenvalue weighted by Crippen LogP contribution is -2.36. The number of aryl methyl sites for hydroxylation is 2. The van der Waals surface area contributed by atoms with Crippen LogP contribution in [0.2, 0.25) is 0 Å². The van der Waals surface area contributed by atoms with Crippen LogP contribution in [-0.2, 0) is 11.3 Å². The molecule has 3 aromatic carbocycles. The van der Waals surface area contributed by atoms with Gasteiger partial charge in [-0.1, -0.05) is 48.0 Å². The number of nitrogens with two attached hydrogens (primary N) is 1. The van der Waals surface area contributed by atoms with Crippen LogP contribution in [-0.4, -0.2) is 29.3 Å². The molecule has 4 rings (SSSR count). The number of ketones is 1. The molecule has 172 valence electrons. The maximum Gasteiger partial charge on any atom is 0.338 e. The Morgan fingerprint density at radius 3 is 2.50 bits per heavy atom. The Kier molecular flexibility index (Phi) is 6.99. The van der Waals surface area contributed by atoms with Gasteiger partial charge < -0.3 is 15.8 Å². The Bertz CT molecular complexity index is 1330. The fraction of sp³-hybridized carbons (Fsp3) is 0.179. The Hall–Kier alpha value is -4.03. The third-order valence-electron chi connectivity index (χ3n) is 5.74. The van der Waals surface area contributed by atoms with Crippen molar-refractivity contribution in [3.8, 4) is 0 Å². The number of fused-ring (bicyclic) bond motifs is 1. The third-order valence-corrected chi connectivity index (χ3v) is 5.74. The molecule has 4 aromatic rings. The summed E-state index contributed by atoms with van der Waals surface area (Å²) in [4.78, 5) is 29.6. The van der Waals surface area contributed by atoms with Crippen LogP contribution in [0.25, 0.3) is 10.8 Å². The number of aromatic nitrogens is 1. The van der Waals surface area contributed by atoms with Crippen LogP contribution in [0.3, 0.4) is 0 Å². The maximum absolute atomic E-state index is 13.0. The van der Waals surface area contributed by atoms with E-state index in [0.717, 1.165) is 33.2 Å². The zero-order valence-electron chi connectivity index (χ0n) is 19.2. The third kappa shape index (κ3) is 5.30. The van der Waals surface area contributed by atoms with Gasteiger partial charge in [0.1, 0.15) is 12.6 Å². The molecule has 1 atom stereocenters. The Balaban J connectivity index is 1.39. The number of nitrogens with one attached hydrogen (secondary N) is 1. The molecule has 0 aliphatic rings. The summed E-state index contributed by atoms with van der Waals surface area (Å²) in [5.41, 5.74) is 10.6. The minimum absolute atomic E-state index is 0.101. The van der Waals surface area contributed by atoms with Gasteiger partial charge in [-0.05, 0) is 54.6 Å². The highest BCUT2D eigenvalue weighted by Gasteiger charge is 2.19. The number of Topliss-reactive ketones (excluding diaryl/α,β-unsaturated/α-hetero) is 1. The van der Waals surface area contributed by atoms with E-state index in [1.807, 2.05) is 50.2 Å². The van der Waals surface area contributed by atoms with Crippen LogP contribution in [0.5, 0.6) is 0 Å². The van der Waals surface area contributed by atoms with Crippen molar-refractivity contribution in [3.05, 3.63) is 107 Å². The van der Waals surface area contributed by atoms with Gasteiger partial charge in [0.15, 0.2) is 5.78 Å². The number of ether oxygens (including phenoxy) is 1. The van der Waals surface area contributed by atoms with Crippen molar-refractivity contribution in [1.29, 1.82) is 0 Å². The van der Waals surface area contributed by atoms with Gasteiger partial charge >= 0.3 is 5.97 Å². The summed E-state index contributed by atoms with van der Waals surface area (Å²) in [5, 5.41) is 5.29. The van der Waals surface area contributed by atoms with E-state index in [1.165, 1.54) is 0 Å². The molecule has 0 aliphatic heterocycles. The highest BCUT2D eigenvalue weighted by molar-refractivity contribution is 6.02. The maximum atomic E-state index is 13.0. The van der Waals surface area contributed by atoms with Crippen LogP contribution in [0, 0.1) is 13.8 Å². The monoisotopic (exact) mass is 453 g/mol. The van der Waals surface area contributed by atoms with Crippen molar-refractivity contribution in [3.63, 3.8) is 0 Å². The highest BCUT2D eigenvalue weighted by Crippen LogP contribution is 2.20. The summed E-state index contributed by atoms with van der Waals surface area (Å²) in [7, 11) is 0. The molecule has 0 radical (unpaired) electrons. The van der Waals surface area contributed by atoms with Gasteiger partial charge in [-0.25, -0.2) is 4.79 Å². The summed E-state index contributed by atoms with van der Waals surface area (Å²) >= 11 is 0. The molecular formula is C28H27N3O3. The summed E-state index contributed by atoms with van der Waals surface area (Å²) in [5.74, 6) is -0.465. The molecule has 1 heterocycles. The number of carbonyl (C=O) groups excluding carboxylic acids is 2. The topological polar surface area (TPSA) is 94.3 Å². The zero-order chi connectivity index (χ0) is 24.1. The lowest BCUT2D eigenvalue weighted by Gasteiger charge is -2.18. The van der Waals surface area contributed by atoms with Crippen molar-refractivity contribution in [2.24, 2.45) is 5.73 Å². The first-order chi connectivity index (χ1) is 16.4. The van der Waals surface area contributed by atoms with Crippen LogP contribution < -0.4 is 11.1 Å². The van der Waals surface area contributed by atoms with Crippen molar-refractivity contribution in [1.82, 2.24) is 4.98 Å². The van der Waals surface area contributed by atoms with Crippen LogP contribution in [0.4, 0.5) is 5.69 Å². The Morgan fingerprint density at radius 1 is 0.971 bits per heavy atom. The van der Waals surface area contributed by atoms with Crippen LogP contribution >= 0.6 is 0 Å². The smallest absolute Gasteiger partial charge is 0.338 e. The molecule has 6 nitrogen and oxygen atoms in total. The van der Waals surface area contributed by atoms with Crippen LogP contribution in [0.1, 0.15) is 37.4 Å². The standard InChI is InChI=1S/C28H27N3O3/c1-18-3-10-25(19(2)13-18)28(33)34-17-20-4-6-21(7-5-20)27(32)26(15-29)31-24-9-8-23-16-30-12-11-22(23)14-24/h3-14,16,26,31H,15,17,29H2,1-2H3/t26-/m0/s1. The Labute approximate surface area is 198 Å². The summed E-state index contributed by atoms with van der Waals surface area (Å²) in [6.07, 6.45) is 3.53. The molecule has 0 saturated heterocycles. The van der Waals surface area contributed by atoms with Gasteiger partial charge in [0.05, 0.1) is 5.56 Å². The predicted molar refractivity (Wildman–Crippen MR) is 134 cm³/mol. The summed E-state index contributed by atoms with van der Waals surface area (Å²) in [6, 6.07) is 19.9. The normalized spacial score (nSPS) is 11.7. The minimum Gasteiger partial charge on any atom is -0.457 e. The van der Waals surface area contributed by atoms with Gasteiger partial charge in [-0.2, -0.15) is 0 Å². The van der Waals surface area contributed by atoms with Gasteiger partial charge in [0.25, 0.3) is 0 Å². The van der Waals surface area contributed by atoms with Crippen molar-refractivity contribution in [2.75, 3.05) is 11.9 Å².